The van der Waals surface area contributed by atoms with Crippen LogP contribution in [0.3, 0.4) is 0 Å². The summed E-state index contributed by atoms with van der Waals surface area (Å²) in [5, 5.41) is 14.3. The van der Waals surface area contributed by atoms with Gasteiger partial charge in [0, 0.05) is 25.4 Å². The predicted molar refractivity (Wildman–Crippen MR) is 60.5 cm³/mol. The Bertz CT molecular complexity index is 697. The minimum atomic E-state index is -4.94. The Morgan fingerprint density at radius 2 is 2.10 bits per heavy atom. The molecule has 0 aliphatic carbocycles. The number of carboxylic acids is 1. The van der Waals surface area contributed by atoms with Crippen LogP contribution < -0.4 is 5.32 Å². The molecule has 112 valence electrons. The fourth-order valence-electron chi connectivity index (χ4n) is 1.43. The molecule has 0 atom stereocenters. The lowest BCUT2D eigenvalue weighted by Crippen LogP contribution is -2.37. The van der Waals surface area contributed by atoms with E-state index < -0.39 is 18.1 Å². The zero-order chi connectivity index (χ0) is 15.6. The van der Waals surface area contributed by atoms with Crippen molar-refractivity contribution in [2.24, 2.45) is 0 Å². The number of carbonyl (C=O) groups is 2. The van der Waals surface area contributed by atoms with Gasteiger partial charge in [-0.05, 0) is 0 Å². The van der Waals surface area contributed by atoms with Gasteiger partial charge in [0.2, 0.25) is 0 Å². The summed E-state index contributed by atoms with van der Waals surface area (Å²) in [6.07, 6.45) is -2.73. The molecule has 11 heteroatoms. The molecule has 0 fully saturated rings. The van der Waals surface area contributed by atoms with Gasteiger partial charge < -0.3 is 10.4 Å². The number of aromatic nitrogens is 4. The summed E-state index contributed by atoms with van der Waals surface area (Å²) in [7, 11) is 0. The number of nitrogens with one attached hydrogen (secondary N) is 1. The van der Waals surface area contributed by atoms with Gasteiger partial charge in [-0.2, -0.15) is 18.2 Å². The molecule has 2 N–H and O–H groups in total. The Morgan fingerprint density at radius 1 is 1.38 bits per heavy atom. The second-order valence-corrected chi connectivity index (χ2v) is 3.92. The van der Waals surface area contributed by atoms with Crippen molar-refractivity contribution in [1.29, 1.82) is 0 Å². The van der Waals surface area contributed by atoms with Gasteiger partial charge in [0.25, 0.3) is 5.78 Å². The summed E-state index contributed by atoms with van der Waals surface area (Å²) in [6, 6.07) is 0. The third-order valence-electron chi connectivity index (χ3n) is 2.38. The number of hydrogen-bond donors (Lipinski definition) is 2. The van der Waals surface area contributed by atoms with E-state index in [9.17, 15) is 22.8 Å². The molecule has 0 radical (unpaired) electrons. The number of hydrogen-bond acceptors (Lipinski definition) is 5. The van der Waals surface area contributed by atoms with E-state index in [0.717, 1.165) is 10.7 Å². The summed E-state index contributed by atoms with van der Waals surface area (Å²) in [6.45, 7) is -0.305. The van der Waals surface area contributed by atoms with Gasteiger partial charge >= 0.3 is 18.1 Å². The van der Waals surface area contributed by atoms with Gasteiger partial charge in [-0.3, -0.25) is 4.79 Å². The van der Waals surface area contributed by atoms with Gasteiger partial charge in [-0.1, -0.05) is 0 Å². The van der Waals surface area contributed by atoms with E-state index in [4.69, 9.17) is 5.11 Å². The van der Waals surface area contributed by atoms with Crippen LogP contribution in [0.15, 0.2) is 12.4 Å². The van der Waals surface area contributed by atoms with Gasteiger partial charge in [0.1, 0.15) is 0 Å². The largest absolute Gasteiger partial charge is 0.478 e. The van der Waals surface area contributed by atoms with E-state index in [1.807, 2.05) is 0 Å². The Kier molecular flexibility index (Phi) is 3.74. The maximum Gasteiger partial charge on any atom is 0.471 e. The highest BCUT2D eigenvalue weighted by molar-refractivity contribution is 5.86. The van der Waals surface area contributed by atoms with Crippen molar-refractivity contribution in [3.63, 3.8) is 0 Å². The normalized spacial score (nSPS) is 11.6. The number of alkyl halides is 3. The number of aromatic carboxylic acids is 1. The predicted octanol–water partition coefficient (Wildman–Crippen LogP) is 0.0435. The van der Waals surface area contributed by atoms with E-state index in [1.54, 1.807) is 5.32 Å². The van der Waals surface area contributed by atoms with Crippen LogP contribution in [0.2, 0.25) is 0 Å². The number of fused-ring (bicyclic) bond motifs is 1. The van der Waals surface area contributed by atoms with Gasteiger partial charge in [0.05, 0.1) is 5.56 Å². The number of halogens is 3. The van der Waals surface area contributed by atoms with Crippen LogP contribution in [-0.4, -0.2) is 49.3 Å². The van der Waals surface area contributed by atoms with Crippen LogP contribution in [-0.2, 0) is 11.2 Å². The maximum absolute atomic E-state index is 11.9. The quantitative estimate of drug-likeness (QED) is 0.825. The van der Waals surface area contributed by atoms with Crippen LogP contribution in [0.1, 0.15) is 16.2 Å². The summed E-state index contributed by atoms with van der Waals surface area (Å²) in [5.74, 6) is -3.00. The van der Waals surface area contributed by atoms with Crippen LogP contribution in [0.5, 0.6) is 0 Å². The van der Waals surface area contributed by atoms with Crippen LogP contribution in [0.25, 0.3) is 5.78 Å². The Hall–Kier alpha value is -2.72. The van der Waals surface area contributed by atoms with Gasteiger partial charge in [0.15, 0.2) is 5.82 Å². The summed E-state index contributed by atoms with van der Waals surface area (Å²) < 4.78 is 36.9. The van der Waals surface area contributed by atoms with Crippen LogP contribution in [0.4, 0.5) is 13.2 Å². The van der Waals surface area contributed by atoms with Crippen LogP contribution in [0, 0.1) is 0 Å². The highest BCUT2D eigenvalue weighted by Crippen LogP contribution is 2.13. The molecule has 21 heavy (non-hydrogen) atoms. The lowest BCUT2D eigenvalue weighted by atomic mass is 10.4. The maximum atomic E-state index is 11.9. The number of nitrogens with zero attached hydrogens (tertiary/aromatic N) is 4. The minimum Gasteiger partial charge on any atom is -0.478 e. The number of carboxylic acid groups (broad SMARTS) is 1. The molecule has 0 unspecified atom stereocenters. The molecule has 8 nitrogen and oxygen atoms in total. The van der Waals surface area contributed by atoms with Crippen molar-refractivity contribution in [2.75, 3.05) is 6.54 Å². The van der Waals surface area contributed by atoms with Crippen molar-refractivity contribution in [3.05, 3.63) is 23.8 Å². The third kappa shape index (κ3) is 3.43. The smallest absolute Gasteiger partial charge is 0.471 e. The number of carbonyl (C=O) groups excluding carboxylic acids is 1. The lowest BCUT2D eigenvalue weighted by Gasteiger charge is -2.05. The monoisotopic (exact) mass is 303 g/mol. The molecule has 0 bridgehead atoms. The second kappa shape index (κ2) is 5.34. The van der Waals surface area contributed by atoms with Crippen molar-refractivity contribution in [3.8, 4) is 0 Å². The van der Waals surface area contributed by atoms with Crippen molar-refractivity contribution < 1.29 is 27.9 Å². The van der Waals surface area contributed by atoms with Gasteiger partial charge in [-0.15, -0.1) is 5.10 Å². The Labute approximate surface area is 114 Å². The molecule has 1 amide bonds. The van der Waals surface area contributed by atoms with Gasteiger partial charge in [-0.25, -0.2) is 14.3 Å². The molecule has 0 saturated heterocycles. The highest BCUT2D eigenvalue weighted by atomic mass is 19.4. The minimum absolute atomic E-state index is 0.0480. The van der Waals surface area contributed by atoms with Crippen molar-refractivity contribution in [2.45, 2.75) is 12.6 Å². The molecule has 2 aromatic rings. The number of amides is 1. The average molecular weight is 303 g/mol. The lowest BCUT2D eigenvalue weighted by molar-refractivity contribution is -0.173. The number of rotatable bonds is 4. The molecule has 2 aromatic heterocycles. The SMILES string of the molecule is O=C(O)c1cnc2nc(CCNC(=O)C(F)(F)F)nn2c1. The first kappa shape index (κ1) is 14.7. The van der Waals surface area contributed by atoms with Crippen molar-refractivity contribution in [1.82, 2.24) is 24.9 Å². The second-order valence-electron chi connectivity index (χ2n) is 3.92. The summed E-state index contributed by atoms with van der Waals surface area (Å²) in [5.41, 5.74) is -0.107. The topological polar surface area (TPSA) is 109 Å². The molecule has 0 aliphatic rings. The fraction of sp³-hybridized carbons (Fsp3) is 0.300. The molecule has 0 spiro atoms. The van der Waals surface area contributed by atoms with E-state index in [1.165, 1.54) is 6.20 Å². The van der Waals surface area contributed by atoms with E-state index >= 15 is 0 Å². The van der Waals surface area contributed by atoms with E-state index in [2.05, 4.69) is 15.1 Å². The third-order valence-corrected chi connectivity index (χ3v) is 2.38. The Morgan fingerprint density at radius 3 is 2.71 bits per heavy atom. The molecule has 0 saturated carbocycles. The molecule has 0 aliphatic heterocycles. The first-order valence-electron chi connectivity index (χ1n) is 5.57. The fourth-order valence-corrected chi connectivity index (χ4v) is 1.43. The summed E-state index contributed by atoms with van der Waals surface area (Å²) in [4.78, 5) is 29.0. The Balaban J connectivity index is 2.03. The molecule has 2 heterocycles. The van der Waals surface area contributed by atoms with Crippen molar-refractivity contribution >= 4 is 17.7 Å². The molecule has 0 aromatic carbocycles. The van der Waals surface area contributed by atoms with E-state index in [0.29, 0.717) is 0 Å². The highest BCUT2D eigenvalue weighted by Gasteiger charge is 2.38. The van der Waals surface area contributed by atoms with Crippen LogP contribution >= 0.6 is 0 Å². The first-order valence-corrected chi connectivity index (χ1v) is 5.57. The first-order chi connectivity index (χ1) is 9.77. The molecular formula is C10H8F3N5O3. The van der Waals surface area contributed by atoms with E-state index in [-0.39, 0.29) is 30.1 Å². The average Bonchev–Trinajstić information content (AvgIpc) is 2.78. The molecular weight excluding hydrogens is 295 g/mol. The summed E-state index contributed by atoms with van der Waals surface area (Å²) >= 11 is 0. The standard InChI is InChI=1S/C10H8F3N5O3/c11-10(12,13)8(21)14-2-1-6-16-9-15-3-5(7(19)20)4-18(9)17-6/h3-4H,1-2H2,(H,14,21)(H,19,20). The zero-order valence-corrected chi connectivity index (χ0v) is 10.3. The zero-order valence-electron chi connectivity index (χ0n) is 10.3. The molecule has 2 rings (SSSR count).